The molecule has 1 aromatic rings. The van der Waals surface area contributed by atoms with Gasteiger partial charge < -0.3 is 10.0 Å². The lowest BCUT2D eigenvalue weighted by Crippen LogP contribution is -2.21. The van der Waals surface area contributed by atoms with Crippen LogP contribution in [0.1, 0.15) is 24.8 Å². The van der Waals surface area contributed by atoms with Gasteiger partial charge in [0.15, 0.2) is 0 Å². The van der Waals surface area contributed by atoms with E-state index in [-0.39, 0.29) is 6.61 Å². The topological polar surface area (TPSA) is 23.5 Å². The predicted molar refractivity (Wildman–Crippen MR) is 63.8 cm³/mol. The number of aliphatic hydroxyl groups is 1. The van der Waals surface area contributed by atoms with Gasteiger partial charge in [-0.05, 0) is 31.0 Å². The summed E-state index contributed by atoms with van der Waals surface area (Å²) in [5.41, 5.74) is 2.46. The van der Waals surface area contributed by atoms with Gasteiger partial charge >= 0.3 is 0 Å². The Bertz CT molecular complexity index is 353. The summed E-state index contributed by atoms with van der Waals surface area (Å²) < 4.78 is 0. The number of anilines is 1. The molecule has 15 heavy (non-hydrogen) atoms. The van der Waals surface area contributed by atoms with Crippen molar-refractivity contribution in [3.8, 4) is 0 Å². The predicted octanol–water partition coefficient (Wildman–Crippen LogP) is 2.65. The molecule has 0 aliphatic carbocycles. The van der Waals surface area contributed by atoms with E-state index in [1.54, 1.807) is 0 Å². The Morgan fingerprint density at radius 3 is 3.00 bits per heavy atom. The van der Waals surface area contributed by atoms with Crippen LogP contribution in [0.15, 0.2) is 18.2 Å². The average molecular weight is 226 g/mol. The van der Waals surface area contributed by atoms with E-state index in [0.717, 1.165) is 24.5 Å². The Morgan fingerprint density at radius 2 is 2.33 bits per heavy atom. The van der Waals surface area contributed by atoms with Crippen LogP contribution in [0.2, 0.25) is 5.02 Å². The molecule has 1 aromatic carbocycles. The van der Waals surface area contributed by atoms with Crippen molar-refractivity contribution in [2.45, 2.75) is 19.3 Å². The minimum atomic E-state index is 0.229. The summed E-state index contributed by atoms with van der Waals surface area (Å²) in [5.74, 6) is 0.388. The molecule has 0 radical (unpaired) electrons. The maximum atomic E-state index is 9.04. The highest BCUT2D eigenvalue weighted by molar-refractivity contribution is 6.32. The lowest BCUT2D eigenvalue weighted by Gasteiger charge is -2.16. The van der Waals surface area contributed by atoms with Crippen molar-refractivity contribution in [3.05, 3.63) is 28.8 Å². The van der Waals surface area contributed by atoms with Gasteiger partial charge in [0, 0.05) is 36.3 Å². The van der Waals surface area contributed by atoms with Gasteiger partial charge in [0.2, 0.25) is 0 Å². The molecule has 82 valence electrons. The van der Waals surface area contributed by atoms with Gasteiger partial charge in [-0.25, -0.2) is 0 Å². The van der Waals surface area contributed by atoms with Gasteiger partial charge in [-0.1, -0.05) is 17.7 Å². The van der Waals surface area contributed by atoms with Gasteiger partial charge in [-0.3, -0.25) is 0 Å². The molecule has 1 aliphatic heterocycles. The number of fused-ring (bicyclic) bond motifs is 1. The summed E-state index contributed by atoms with van der Waals surface area (Å²) in [6.07, 6.45) is 0.799. The van der Waals surface area contributed by atoms with Crippen LogP contribution >= 0.6 is 11.6 Å². The molecule has 0 bridgehead atoms. The number of rotatable bonds is 3. The van der Waals surface area contributed by atoms with Crippen LogP contribution in [0.3, 0.4) is 0 Å². The fraction of sp³-hybridized carbons (Fsp3) is 0.500. The van der Waals surface area contributed by atoms with E-state index in [4.69, 9.17) is 16.7 Å². The second-order valence-corrected chi connectivity index (χ2v) is 4.33. The SMILES string of the molecule is CCN1CC(CCO)c2c(Cl)cccc21. The van der Waals surface area contributed by atoms with Crippen LogP contribution in [0.4, 0.5) is 5.69 Å². The van der Waals surface area contributed by atoms with E-state index < -0.39 is 0 Å². The van der Waals surface area contributed by atoms with E-state index in [1.807, 2.05) is 12.1 Å². The molecule has 1 N–H and O–H groups in total. The molecule has 1 atom stereocenters. The molecule has 3 heteroatoms. The van der Waals surface area contributed by atoms with Gasteiger partial charge in [-0.2, -0.15) is 0 Å². The molecular weight excluding hydrogens is 210 g/mol. The monoisotopic (exact) mass is 225 g/mol. The van der Waals surface area contributed by atoms with Crippen LogP contribution in [0.25, 0.3) is 0 Å². The zero-order valence-corrected chi connectivity index (χ0v) is 9.67. The van der Waals surface area contributed by atoms with Gasteiger partial charge in [0.25, 0.3) is 0 Å². The fourth-order valence-corrected chi connectivity index (χ4v) is 2.68. The van der Waals surface area contributed by atoms with Crippen LogP contribution in [-0.2, 0) is 0 Å². The Morgan fingerprint density at radius 1 is 1.53 bits per heavy atom. The first kappa shape index (κ1) is 10.8. The lowest BCUT2D eigenvalue weighted by atomic mass is 9.98. The molecule has 1 unspecified atom stereocenters. The zero-order valence-electron chi connectivity index (χ0n) is 8.91. The summed E-state index contributed by atoms with van der Waals surface area (Å²) in [6, 6.07) is 6.04. The molecule has 1 heterocycles. The summed E-state index contributed by atoms with van der Waals surface area (Å²) in [5, 5.41) is 9.88. The van der Waals surface area contributed by atoms with Crippen LogP contribution < -0.4 is 4.90 Å². The number of benzene rings is 1. The molecule has 0 fully saturated rings. The number of hydrogen-bond donors (Lipinski definition) is 1. The van der Waals surface area contributed by atoms with Crippen molar-refractivity contribution in [1.29, 1.82) is 0 Å². The molecule has 0 amide bonds. The second-order valence-electron chi connectivity index (χ2n) is 3.92. The number of likely N-dealkylation sites (N-methyl/N-ethyl adjacent to an activating group) is 1. The molecule has 0 spiro atoms. The first-order valence-electron chi connectivity index (χ1n) is 5.42. The third kappa shape index (κ3) is 1.84. The van der Waals surface area contributed by atoms with E-state index in [9.17, 15) is 0 Å². The number of aliphatic hydroxyl groups excluding tert-OH is 1. The molecular formula is C12H16ClNO. The Balaban J connectivity index is 2.39. The highest BCUT2D eigenvalue weighted by Gasteiger charge is 2.28. The molecule has 0 saturated heterocycles. The number of halogens is 1. The van der Waals surface area contributed by atoms with Crippen molar-refractivity contribution in [3.63, 3.8) is 0 Å². The molecule has 2 nitrogen and oxygen atoms in total. The molecule has 0 saturated carbocycles. The first-order chi connectivity index (χ1) is 7.27. The largest absolute Gasteiger partial charge is 0.396 e. The smallest absolute Gasteiger partial charge is 0.0462 e. The number of hydrogen-bond acceptors (Lipinski definition) is 2. The summed E-state index contributed by atoms with van der Waals surface area (Å²) in [4.78, 5) is 2.32. The van der Waals surface area contributed by atoms with Gasteiger partial charge in [0.05, 0.1) is 0 Å². The third-order valence-electron chi connectivity index (χ3n) is 3.08. The van der Waals surface area contributed by atoms with Gasteiger partial charge in [-0.15, -0.1) is 0 Å². The van der Waals surface area contributed by atoms with Crippen LogP contribution in [-0.4, -0.2) is 24.8 Å². The van der Waals surface area contributed by atoms with Crippen molar-refractivity contribution in [2.24, 2.45) is 0 Å². The summed E-state index contributed by atoms with van der Waals surface area (Å²) in [7, 11) is 0. The fourth-order valence-electron chi connectivity index (χ4n) is 2.35. The quantitative estimate of drug-likeness (QED) is 0.855. The highest BCUT2D eigenvalue weighted by atomic mass is 35.5. The Kier molecular flexibility index (Phi) is 3.17. The first-order valence-corrected chi connectivity index (χ1v) is 5.80. The molecule has 2 rings (SSSR count). The second kappa shape index (κ2) is 4.42. The van der Waals surface area contributed by atoms with E-state index >= 15 is 0 Å². The number of nitrogens with zero attached hydrogens (tertiary/aromatic N) is 1. The summed E-state index contributed by atoms with van der Waals surface area (Å²) in [6.45, 7) is 4.35. The normalized spacial score (nSPS) is 19.4. The standard InChI is InChI=1S/C12H16ClNO/c1-2-14-8-9(6-7-15)12-10(13)4-3-5-11(12)14/h3-5,9,15H,2,6-8H2,1H3. The Hall–Kier alpha value is -0.730. The van der Waals surface area contributed by atoms with E-state index in [2.05, 4.69) is 17.9 Å². The van der Waals surface area contributed by atoms with Crippen molar-refractivity contribution >= 4 is 17.3 Å². The van der Waals surface area contributed by atoms with Crippen LogP contribution in [0, 0.1) is 0 Å². The van der Waals surface area contributed by atoms with Crippen molar-refractivity contribution < 1.29 is 5.11 Å². The zero-order chi connectivity index (χ0) is 10.8. The maximum Gasteiger partial charge on any atom is 0.0462 e. The maximum absolute atomic E-state index is 9.04. The molecule has 0 aromatic heterocycles. The minimum Gasteiger partial charge on any atom is -0.396 e. The molecule has 1 aliphatic rings. The Labute approximate surface area is 95.5 Å². The van der Waals surface area contributed by atoms with E-state index in [1.165, 1.54) is 11.3 Å². The summed E-state index contributed by atoms with van der Waals surface area (Å²) >= 11 is 6.21. The van der Waals surface area contributed by atoms with Crippen molar-refractivity contribution in [2.75, 3.05) is 24.6 Å². The van der Waals surface area contributed by atoms with Crippen molar-refractivity contribution in [1.82, 2.24) is 0 Å². The minimum absolute atomic E-state index is 0.229. The van der Waals surface area contributed by atoms with Gasteiger partial charge in [0.1, 0.15) is 0 Å². The lowest BCUT2D eigenvalue weighted by molar-refractivity contribution is 0.277. The third-order valence-corrected chi connectivity index (χ3v) is 3.41. The average Bonchev–Trinajstić information content (AvgIpc) is 2.59. The van der Waals surface area contributed by atoms with E-state index in [0.29, 0.717) is 5.92 Å². The highest BCUT2D eigenvalue weighted by Crippen LogP contribution is 2.41. The van der Waals surface area contributed by atoms with Crippen LogP contribution in [0.5, 0.6) is 0 Å².